The Morgan fingerprint density at radius 1 is 0.605 bits per heavy atom. The van der Waals surface area contributed by atoms with Gasteiger partial charge in [0, 0.05) is 24.5 Å². The quantitative estimate of drug-likeness (QED) is 0.279. The van der Waals surface area contributed by atoms with Gasteiger partial charge in [-0.2, -0.15) is 0 Å². The smallest absolute Gasteiger partial charge is 0.276 e. The molecule has 0 spiro atoms. The summed E-state index contributed by atoms with van der Waals surface area (Å²) < 4.78 is 0. The summed E-state index contributed by atoms with van der Waals surface area (Å²) in [6.45, 7) is 13.0. The first-order valence-electron chi connectivity index (χ1n) is 13.0. The Balaban J connectivity index is 1.66. The molecule has 2 amide bonds. The molecular weight excluding hydrogens is 472 g/mol. The molecule has 38 heavy (non-hydrogen) atoms. The van der Waals surface area contributed by atoms with Crippen molar-refractivity contribution in [2.45, 2.75) is 41.5 Å². The van der Waals surface area contributed by atoms with Crippen LogP contribution in [-0.2, 0) is 0 Å². The summed E-state index contributed by atoms with van der Waals surface area (Å²) in [7, 11) is 0. The second-order valence-corrected chi connectivity index (χ2v) is 9.49. The number of aromatic nitrogens is 2. The van der Waals surface area contributed by atoms with Crippen molar-refractivity contribution in [3.8, 4) is 11.4 Å². The van der Waals surface area contributed by atoms with E-state index in [1.165, 1.54) is 0 Å². The lowest BCUT2D eigenvalue weighted by Gasteiger charge is -2.23. The molecule has 0 aliphatic carbocycles. The number of hydrogen-bond donors (Lipinski definition) is 0. The summed E-state index contributed by atoms with van der Waals surface area (Å²) in [6.07, 6.45) is 0. The monoisotopic (exact) mass is 506 g/mol. The molecule has 0 saturated carbocycles. The van der Waals surface area contributed by atoms with Crippen LogP contribution in [0.3, 0.4) is 0 Å². The molecule has 194 valence electrons. The molecule has 4 rings (SSSR count). The predicted molar refractivity (Wildman–Crippen MR) is 154 cm³/mol. The SMILES string of the molecule is CCN(C(=O)c1cccc(-c2cccc(C(=O)N(CC)c3cc(C)ccc3C)n2)n1)c1cc(C)ccc1C. The number of carbonyl (C=O) groups is 2. The molecule has 0 radical (unpaired) electrons. The third kappa shape index (κ3) is 5.49. The van der Waals surface area contributed by atoms with Gasteiger partial charge in [-0.3, -0.25) is 9.59 Å². The largest absolute Gasteiger partial charge is 0.307 e. The summed E-state index contributed by atoms with van der Waals surface area (Å²) in [5.74, 6) is -0.357. The van der Waals surface area contributed by atoms with E-state index in [2.05, 4.69) is 9.97 Å². The van der Waals surface area contributed by atoms with E-state index in [1.54, 1.807) is 34.1 Å². The number of amides is 2. The molecule has 0 unspecified atom stereocenters. The van der Waals surface area contributed by atoms with Gasteiger partial charge < -0.3 is 9.80 Å². The highest BCUT2D eigenvalue weighted by Crippen LogP contribution is 2.26. The first-order valence-corrected chi connectivity index (χ1v) is 13.0. The molecule has 2 aromatic carbocycles. The molecule has 0 aliphatic rings. The first kappa shape index (κ1) is 26.7. The van der Waals surface area contributed by atoms with Gasteiger partial charge in [0.15, 0.2) is 0 Å². The average Bonchev–Trinajstić information content (AvgIpc) is 2.93. The Hall–Kier alpha value is -4.32. The Bertz CT molecular complexity index is 1380. The molecule has 0 atom stereocenters. The van der Waals surface area contributed by atoms with Gasteiger partial charge in [0.05, 0.1) is 11.4 Å². The molecule has 0 bridgehead atoms. The fraction of sp³-hybridized carbons (Fsp3) is 0.250. The van der Waals surface area contributed by atoms with E-state index >= 15 is 0 Å². The fourth-order valence-electron chi connectivity index (χ4n) is 4.54. The second kappa shape index (κ2) is 11.4. The topological polar surface area (TPSA) is 66.4 Å². The summed E-state index contributed by atoms with van der Waals surface area (Å²) >= 11 is 0. The lowest BCUT2D eigenvalue weighted by molar-refractivity contribution is 0.0975. The summed E-state index contributed by atoms with van der Waals surface area (Å²) in [5, 5.41) is 0. The third-order valence-corrected chi connectivity index (χ3v) is 6.63. The highest BCUT2D eigenvalue weighted by molar-refractivity contribution is 6.06. The zero-order valence-corrected chi connectivity index (χ0v) is 22.9. The van der Waals surface area contributed by atoms with Crippen molar-refractivity contribution in [3.05, 3.63) is 106 Å². The van der Waals surface area contributed by atoms with Gasteiger partial charge in [-0.1, -0.05) is 36.4 Å². The number of aryl methyl sites for hydroxylation is 4. The lowest BCUT2D eigenvalue weighted by atomic mass is 10.1. The van der Waals surface area contributed by atoms with Crippen molar-refractivity contribution < 1.29 is 9.59 Å². The van der Waals surface area contributed by atoms with Crippen molar-refractivity contribution >= 4 is 23.2 Å². The van der Waals surface area contributed by atoms with Gasteiger partial charge >= 0.3 is 0 Å². The number of pyridine rings is 2. The number of nitrogens with zero attached hydrogens (tertiary/aromatic N) is 4. The van der Waals surface area contributed by atoms with Gasteiger partial charge in [-0.25, -0.2) is 9.97 Å². The van der Waals surface area contributed by atoms with Crippen molar-refractivity contribution in [1.82, 2.24) is 9.97 Å². The number of carbonyl (C=O) groups excluding carboxylic acids is 2. The molecule has 2 aromatic heterocycles. The summed E-state index contributed by atoms with van der Waals surface area (Å²) in [5.41, 5.74) is 7.72. The van der Waals surface area contributed by atoms with Crippen molar-refractivity contribution in [2.24, 2.45) is 0 Å². The minimum atomic E-state index is -0.178. The fourth-order valence-corrected chi connectivity index (χ4v) is 4.54. The molecular formula is C32H34N4O2. The highest BCUT2D eigenvalue weighted by atomic mass is 16.2. The maximum Gasteiger partial charge on any atom is 0.276 e. The van der Waals surface area contributed by atoms with Crippen LogP contribution in [0, 0.1) is 27.7 Å². The van der Waals surface area contributed by atoms with E-state index in [4.69, 9.17) is 0 Å². The summed E-state index contributed by atoms with van der Waals surface area (Å²) in [4.78, 5) is 39.9. The van der Waals surface area contributed by atoms with E-state index < -0.39 is 0 Å². The molecule has 6 heteroatoms. The zero-order chi connectivity index (χ0) is 27.4. The van der Waals surface area contributed by atoms with Crippen molar-refractivity contribution in [3.63, 3.8) is 0 Å². The van der Waals surface area contributed by atoms with Gasteiger partial charge in [-0.15, -0.1) is 0 Å². The zero-order valence-electron chi connectivity index (χ0n) is 22.9. The molecule has 0 fully saturated rings. The van der Waals surface area contributed by atoms with Gasteiger partial charge in [-0.05, 0) is 100 Å². The van der Waals surface area contributed by atoms with Crippen LogP contribution >= 0.6 is 0 Å². The summed E-state index contributed by atoms with van der Waals surface area (Å²) in [6, 6.07) is 22.8. The second-order valence-electron chi connectivity index (χ2n) is 9.49. The van der Waals surface area contributed by atoms with E-state index in [9.17, 15) is 9.59 Å². The molecule has 0 aliphatic heterocycles. The van der Waals surface area contributed by atoms with Crippen LogP contribution < -0.4 is 9.80 Å². The lowest BCUT2D eigenvalue weighted by Crippen LogP contribution is -2.32. The third-order valence-electron chi connectivity index (χ3n) is 6.63. The Labute approximate surface area is 225 Å². The number of hydrogen-bond acceptors (Lipinski definition) is 4. The Morgan fingerprint density at radius 3 is 1.37 bits per heavy atom. The van der Waals surface area contributed by atoms with Gasteiger partial charge in [0.1, 0.15) is 11.4 Å². The highest BCUT2D eigenvalue weighted by Gasteiger charge is 2.22. The Kier molecular flexibility index (Phi) is 8.01. The maximum atomic E-state index is 13.5. The molecule has 4 aromatic rings. The van der Waals surface area contributed by atoms with Crippen LogP contribution in [0.5, 0.6) is 0 Å². The number of anilines is 2. The van der Waals surface area contributed by atoms with Crippen LogP contribution in [0.15, 0.2) is 72.8 Å². The molecule has 0 N–H and O–H groups in total. The normalized spacial score (nSPS) is 10.8. The van der Waals surface area contributed by atoms with E-state index in [-0.39, 0.29) is 11.8 Å². The van der Waals surface area contributed by atoms with Crippen LogP contribution in [0.1, 0.15) is 57.1 Å². The van der Waals surface area contributed by atoms with E-state index in [1.807, 2.05) is 90.1 Å². The first-order chi connectivity index (χ1) is 18.2. The predicted octanol–water partition coefficient (Wildman–Crippen LogP) is 6.71. The number of rotatable bonds is 7. The molecule has 2 heterocycles. The van der Waals surface area contributed by atoms with Crippen LogP contribution in [-0.4, -0.2) is 34.9 Å². The maximum absolute atomic E-state index is 13.5. The van der Waals surface area contributed by atoms with Crippen LogP contribution in [0.25, 0.3) is 11.4 Å². The van der Waals surface area contributed by atoms with Gasteiger partial charge in [0.2, 0.25) is 0 Å². The molecule has 0 saturated heterocycles. The van der Waals surface area contributed by atoms with Crippen LogP contribution in [0.4, 0.5) is 11.4 Å². The number of benzene rings is 2. The van der Waals surface area contributed by atoms with E-state index in [0.29, 0.717) is 35.9 Å². The van der Waals surface area contributed by atoms with Crippen molar-refractivity contribution in [2.75, 3.05) is 22.9 Å². The minimum Gasteiger partial charge on any atom is -0.307 e. The van der Waals surface area contributed by atoms with Crippen molar-refractivity contribution in [1.29, 1.82) is 0 Å². The van der Waals surface area contributed by atoms with E-state index in [0.717, 1.165) is 33.6 Å². The average molecular weight is 507 g/mol. The minimum absolute atomic E-state index is 0.178. The Morgan fingerprint density at radius 2 is 1.00 bits per heavy atom. The van der Waals surface area contributed by atoms with Gasteiger partial charge in [0.25, 0.3) is 11.8 Å². The van der Waals surface area contributed by atoms with Crippen LogP contribution in [0.2, 0.25) is 0 Å². The molecule has 6 nitrogen and oxygen atoms in total. The standard InChI is InChI=1S/C32H34N4O2/c1-7-35(29-19-21(3)15-17-23(29)5)31(37)27-13-9-11-25(33-27)26-12-10-14-28(34-26)32(38)36(8-2)30-20-22(4)16-18-24(30)6/h9-20H,7-8H2,1-6H3.